The molecule has 0 bridgehead atoms. The van der Waals surface area contributed by atoms with Crippen LogP contribution in [0.3, 0.4) is 0 Å². The molecule has 2 aromatic carbocycles. The van der Waals surface area contributed by atoms with E-state index in [1.807, 2.05) is 18.2 Å². The van der Waals surface area contributed by atoms with Gasteiger partial charge in [0.2, 0.25) is 5.69 Å². The highest BCUT2D eigenvalue weighted by atomic mass is 32.2. The first-order valence-corrected chi connectivity index (χ1v) is 17.3. The molecule has 4 rings (SSSR count). The van der Waals surface area contributed by atoms with Crippen LogP contribution in [0.2, 0.25) is 0 Å². The lowest BCUT2D eigenvalue weighted by Gasteiger charge is -2.27. The maximum Gasteiger partial charge on any atom is 0.301 e. The molecule has 1 atom stereocenters. The van der Waals surface area contributed by atoms with E-state index in [0.29, 0.717) is 25.8 Å². The van der Waals surface area contributed by atoms with Gasteiger partial charge in [0, 0.05) is 47.5 Å². The average molecular weight is 628 g/mol. The topological polar surface area (TPSA) is 107 Å². The third-order valence-corrected chi connectivity index (χ3v) is 9.50. The van der Waals surface area contributed by atoms with Crippen LogP contribution in [-0.2, 0) is 36.5 Å². The summed E-state index contributed by atoms with van der Waals surface area (Å²) in [5, 5.41) is 0. The van der Waals surface area contributed by atoms with Gasteiger partial charge in [0.05, 0.1) is 17.8 Å². The summed E-state index contributed by atoms with van der Waals surface area (Å²) < 4.78 is 58.3. The van der Waals surface area contributed by atoms with Gasteiger partial charge in [-0.1, -0.05) is 68.5 Å². The number of allylic oxidation sites excluding steroid dienone is 6. The third-order valence-electron chi connectivity index (χ3n) is 8.32. The molecule has 2 aromatic rings. The Kier molecular flexibility index (Phi) is 10.6. The normalized spacial score (nSPS) is 19.1. The third kappa shape index (κ3) is 7.80. The quantitative estimate of drug-likeness (QED) is 0.0814. The van der Waals surface area contributed by atoms with Crippen LogP contribution in [0.25, 0.3) is 0 Å². The minimum absolute atomic E-state index is 0.184. The molecule has 0 amide bonds. The molecule has 2 heterocycles. The van der Waals surface area contributed by atoms with Crippen molar-refractivity contribution in [3.05, 3.63) is 95.7 Å². The van der Waals surface area contributed by atoms with E-state index in [4.69, 9.17) is 13.3 Å². The van der Waals surface area contributed by atoms with Gasteiger partial charge in [0.15, 0.2) is 5.71 Å². The monoisotopic (exact) mass is 627 g/mol. The highest BCUT2D eigenvalue weighted by Crippen LogP contribution is 2.47. The second-order valence-electron chi connectivity index (χ2n) is 12.0. The number of hydrogen-bond acceptors (Lipinski definition) is 5. The summed E-state index contributed by atoms with van der Waals surface area (Å²) >= 11 is -2.24. The Morgan fingerprint density at radius 3 is 2.33 bits per heavy atom. The number of unbranched alkanes of at least 4 members (excludes halogenated alkanes) is 2. The molecule has 1 unspecified atom stereocenters. The molecule has 0 saturated heterocycles. The molecule has 232 valence electrons. The number of anilines is 1. The van der Waals surface area contributed by atoms with E-state index in [9.17, 15) is 12.6 Å². The first-order valence-electron chi connectivity index (χ1n) is 14.7. The van der Waals surface area contributed by atoms with Crippen LogP contribution in [0.5, 0.6) is 0 Å². The number of para-hydroxylation sites is 2. The van der Waals surface area contributed by atoms with Gasteiger partial charge in [-0.3, -0.25) is 13.3 Å². The maximum absolute atomic E-state index is 11.2. The van der Waals surface area contributed by atoms with Crippen molar-refractivity contribution in [2.24, 2.45) is 0 Å². The zero-order valence-corrected chi connectivity index (χ0v) is 27.0. The van der Waals surface area contributed by atoms with Crippen molar-refractivity contribution in [2.75, 3.05) is 30.3 Å². The zero-order chi connectivity index (χ0) is 31.3. The molecule has 2 aliphatic rings. The van der Waals surface area contributed by atoms with Gasteiger partial charge in [-0.25, -0.2) is 0 Å². The van der Waals surface area contributed by atoms with Crippen LogP contribution in [0.15, 0.2) is 84.6 Å². The van der Waals surface area contributed by atoms with Gasteiger partial charge >= 0.3 is 11.4 Å². The van der Waals surface area contributed by atoms with Crippen molar-refractivity contribution in [3.8, 4) is 0 Å². The molecule has 43 heavy (non-hydrogen) atoms. The van der Waals surface area contributed by atoms with Crippen LogP contribution in [0, 0.1) is 0 Å². The summed E-state index contributed by atoms with van der Waals surface area (Å²) in [4.78, 5) is 2.26. The summed E-state index contributed by atoms with van der Waals surface area (Å²) in [5.74, 6) is -0.233. The summed E-state index contributed by atoms with van der Waals surface area (Å²) in [6.45, 7) is 10.5. The van der Waals surface area contributed by atoms with E-state index >= 15 is 0 Å². The molecule has 2 aliphatic heterocycles. The molecule has 0 radical (unpaired) electrons. The van der Waals surface area contributed by atoms with Crippen LogP contribution in [-0.4, -0.2) is 57.5 Å². The van der Waals surface area contributed by atoms with E-state index in [1.165, 1.54) is 22.5 Å². The second-order valence-corrected chi connectivity index (χ2v) is 14.3. The fourth-order valence-corrected chi connectivity index (χ4v) is 7.01. The van der Waals surface area contributed by atoms with Gasteiger partial charge in [-0.15, -0.1) is 0 Å². The van der Waals surface area contributed by atoms with Gasteiger partial charge in [-0.2, -0.15) is 17.2 Å². The van der Waals surface area contributed by atoms with E-state index in [-0.39, 0.29) is 23.2 Å². The number of rotatable bonds is 14. The largest absolute Gasteiger partial charge is 0.344 e. The van der Waals surface area contributed by atoms with Crippen molar-refractivity contribution >= 4 is 38.6 Å². The Morgan fingerprint density at radius 2 is 1.60 bits per heavy atom. The molecule has 0 saturated carbocycles. The van der Waals surface area contributed by atoms with Gasteiger partial charge in [-0.05, 0) is 50.8 Å². The predicted octanol–water partition coefficient (Wildman–Crippen LogP) is 6.46. The summed E-state index contributed by atoms with van der Waals surface area (Å²) in [6.07, 6.45) is 13.0. The summed E-state index contributed by atoms with van der Waals surface area (Å²) in [6, 6.07) is 16.7. The predicted molar refractivity (Wildman–Crippen MR) is 174 cm³/mol. The van der Waals surface area contributed by atoms with E-state index in [1.54, 1.807) is 0 Å². The first kappa shape index (κ1) is 33.0. The summed E-state index contributed by atoms with van der Waals surface area (Å²) in [5.41, 5.74) is 6.72. The lowest BCUT2D eigenvalue weighted by atomic mass is 9.81. The van der Waals surface area contributed by atoms with E-state index in [0.717, 1.165) is 24.4 Å². The average Bonchev–Trinajstić information content (AvgIpc) is 3.29. The lowest BCUT2D eigenvalue weighted by Crippen LogP contribution is -2.28. The zero-order valence-electron chi connectivity index (χ0n) is 25.4. The number of nitrogens with zero attached hydrogens (tertiary/aromatic N) is 2. The lowest BCUT2D eigenvalue weighted by molar-refractivity contribution is -0.438. The Bertz CT molecular complexity index is 1570. The minimum Gasteiger partial charge on any atom is -0.344 e. The number of benzene rings is 2. The Hall–Kier alpha value is -2.89. The Morgan fingerprint density at radius 1 is 0.907 bits per heavy atom. The number of hydrogen-bond donors (Lipinski definition) is 2. The molecule has 0 fully saturated rings. The molecule has 2 N–H and O–H groups in total. The highest BCUT2D eigenvalue weighted by molar-refractivity contribution is 7.85. The van der Waals surface area contributed by atoms with Crippen molar-refractivity contribution in [3.63, 3.8) is 0 Å². The first-order chi connectivity index (χ1) is 20.3. The highest BCUT2D eigenvalue weighted by Gasteiger charge is 2.43. The molecular weight excluding hydrogens is 585 g/mol. The maximum atomic E-state index is 11.2. The fourth-order valence-electron chi connectivity index (χ4n) is 6.18. The molecule has 10 heteroatoms. The van der Waals surface area contributed by atoms with Crippen molar-refractivity contribution in [1.29, 1.82) is 0 Å². The second kappa shape index (κ2) is 13.8. The number of fused-ring (bicyclic) bond motifs is 2. The minimum atomic E-state index is -3.97. The van der Waals surface area contributed by atoms with E-state index < -0.39 is 21.5 Å². The molecule has 0 aliphatic carbocycles. The van der Waals surface area contributed by atoms with Crippen LogP contribution < -0.4 is 4.90 Å². The van der Waals surface area contributed by atoms with E-state index in [2.05, 4.69) is 97.9 Å². The van der Waals surface area contributed by atoms with Crippen molar-refractivity contribution < 1.29 is 30.5 Å². The fraction of sp³-hybridized carbons (Fsp3) is 0.424. The van der Waals surface area contributed by atoms with Gasteiger partial charge in [0.25, 0.3) is 10.1 Å². The summed E-state index contributed by atoms with van der Waals surface area (Å²) in [7, 11) is -3.97. The molecule has 8 nitrogen and oxygen atoms in total. The Balaban J connectivity index is 1.54. The van der Waals surface area contributed by atoms with Crippen molar-refractivity contribution in [1.82, 2.24) is 0 Å². The molecular formula is C33H43N2O6S2+. The van der Waals surface area contributed by atoms with Crippen LogP contribution in [0.4, 0.5) is 11.4 Å². The standard InChI is InChI=1S/C33H42N2O6S2/c1-32(2)26-16-8-10-18-28(26)34(22-12-14-24-41-42(36)37)30(32)20-6-5-7-21-31-33(3,4)27-17-9-11-19-29(27)35(31)23-13-15-25-43(38,39)40/h5-11,16-21H,12-15,22-25H2,1-4H3,(H-,36,37,38,39,40)/p+1. The van der Waals surface area contributed by atoms with Crippen LogP contribution in [0.1, 0.15) is 64.5 Å². The van der Waals surface area contributed by atoms with Crippen LogP contribution >= 0.6 is 0 Å². The smallest absolute Gasteiger partial charge is 0.301 e. The van der Waals surface area contributed by atoms with Crippen molar-refractivity contribution in [2.45, 2.75) is 64.2 Å². The van der Waals surface area contributed by atoms with Gasteiger partial charge in [0.1, 0.15) is 6.54 Å². The SMILES string of the molecule is CC1(C)C(/C=C/C=C/C=C2/N(CCCCS(=O)(=O)O)c3ccccc3C2(C)C)=[N+](CCCCOS(=O)O)c2ccccc21. The Labute approximate surface area is 258 Å². The van der Waals surface area contributed by atoms with Gasteiger partial charge < -0.3 is 4.90 Å². The molecule has 0 aromatic heterocycles. The molecule has 0 spiro atoms.